The lowest BCUT2D eigenvalue weighted by atomic mass is 10.1. The van der Waals surface area contributed by atoms with Crippen LogP contribution >= 0.6 is 0 Å². The zero-order chi connectivity index (χ0) is 16.7. The molecular weight excluding hydrogens is 295 g/mol. The van der Waals surface area contributed by atoms with Crippen molar-refractivity contribution in [1.29, 1.82) is 0 Å². The predicted molar refractivity (Wildman–Crippen MR) is 85.4 cm³/mol. The minimum atomic E-state index is -0.469. The molecule has 0 fully saturated rings. The molecule has 0 saturated heterocycles. The van der Waals surface area contributed by atoms with E-state index in [4.69, 9.17) is 0 Å². The van der Waals surface area contributed by atoms with E-state index in [9.17, 15) is 14.0 Å². The van der Waals surface area contributed by atoms with Gasteiger partial charge in [-0.3, -0.25) is 9.59 Å². The van der Waals surface area contributed by atoms with Gasteiger partial charge >= 0.3 is 0 Å². The van der Waals surface area contributed by atoms with Crippen molar-refractivity contribution >= 4 is 11.8 Å². The van der Waals surface area contributed by atoms with Crippen LogP contribution in [0.4, 0.5) is 4.39 Å². The standard InChI is InChI=1S/C18H15FN2O2/c1-20-18(23)16-10-3-2-6-13(16)8-5-11-21-17(22)14-7-4-9-15(19)12-14/h2-4,6-7,9-10,12H,11H2,1H3,(H,20,23)(H,21,22). The van der Waals surface area contributed by atoms with Crippen LogP contribution in [0.25, 0.3) is 0 Å². The van der Waals surface area contributed by atoms with Gasteiger partial charge in [-0.15, -0.1) is 0 Å². The van der Waals surface area contributed by atoms with Gasteiger partial charge < -0.3 is 10.6 Å². The third kappa shape index (κ3) is 4.42. The van der Waals surface area contributed by atoms with Gasteiger partial charge in [0, 0.05) is 18.2 Å². The second-order valence-corrected chi connectivity index (χ2v) is 4.62. The topological polar surface area (TPSA) is 58.2 Å². The second kappa shape index (κ2) is 7.76. The van der Waals surface area contributed by atoms with Crippen LogP contribution in [-0.2, 0) is 0 Å². The van der Waals surface area contributed by atoms with Crippen LogP contribution in [0.5, 0.6) is 0 Å². The van der Waals surface area contributed by atoms with Crippen LogP contribution in [0.15, 0.2) is 48.5 Å². The van der Waals surface area contributed by atoms with E-state index in [1.54, 1.807) is 31.3 Å². The molecule has 0 aliphatic heterocycles. The van der Waals surface area contributed by atoms with Crippen LogP contribution in [0.1, 0.15) is 26.3 Å². The summed E-state index contributed by atoms with van der Waals surface area (Å²) in [6.45, 7) is 0.0947. The Morgan fingerprint density at radius 2 is 1.87 bits per heavy atom. The molecule has 0 radical (unpaired) electrons. The smallest absolute Gasteiger partial charge is 0.252 e. The summed E-state index contributed by atoms with van der Waals surface area (Å²) in [7, 11) is 1.55. The van der Waals surface area contributed by atoms with Gasteiger partial charge in [0.1, 0.15) is 5.82 Å². The molecule has 0 aliphatic carbocycles. The van der Waals surface area contributed by atoms with Crippen molar-refractivity contribution in [2.24, 2.45) is 0 Å². The summed E-state index contributed by atoms with van der Waals surface area (Å²) in [6, 6.07) is 12.3. The fourth-order valence-corrected chi connectivity index (χ4v) is 1.92. The molecule has 0 heterocycles. The van der Waals surface area contributed by atoms with E-state index in [0.717, 1.165) is 6.07 Å². The molecule has 0 bridgehead atoms. The quantitative estimate of drug-likeness (QED) is 0.852. The average molecular weight is 310 g/mol. The fraction of sp³-hybridized carbons (Fsp3) is 0.111. The Morgan fingerprint density at radius 3 is 2.61 bits per heavy atom. The molecule has 2 aromatic carbocycles. The lowest BCUT2D eigenvalue weighted by molar-refractivity contribution is 0.0952. The number of carbonyl (C=O) groups is 2. The zero-order valence-corrected chi connectivity index (χ0v) is 12.5. The first-order valence-electron chi connectivity index (χ1n) is 6.95. The lowest BCUT2D eigenvalue weighted by Crippen LogP contribution is -2.23. The first-order chi connectivity index (χ1) is 11.1. The van der Waals surface area contributed by atoms with Crippen LogP contribution < -0.4 is 10.6 Å². The minimum Gasteiger partial charge on any atom is -0.355 e. The summed E-state index contributed by atoms with van der Waals surface area (Å²) >= 11 is 0. The average Bonchev–Trinajstić information content (AvgIpc) is 2.58. The minimum absolute atomic E-state index is 0.0947. The van der Waals surface area contributed by atoms with Gasteiger partial charge in [0.2, 0.25) is 0 Å². The van der Waals surface area contributed by atoms with Gasteiger partial charge in [0.15, 0.2) is 0 Å². The van der Waals surface area contributed by atoms with Crippen molar-refractivity contribution in [2.75, 3.05) is 13.6 Å². The summed E-state index contributed by atoms with van der Waals surface area (Å²) in [5, 5.41) is 5.12. The molecule has 23 heavy (non-hydrogen) atoms. The van der Waals surface area contributed by atoms with Crippen LogP contribution in [0, 0.1) is 17.7 Å². The van der Waals surface area contributed by atoms with E-state index in [1.165, 1.54) is 18.2 Å². The molecule has 0 saturated carbocycles. The molecule has 2 amide bonds. The molecule has 0 atom stereocenters. The molecule has 5 heteroatoms. The normalized spacial score (nSPS) is 9.48. The van der Waals surface area contributed by atoms with E-state index in [2.05, 4.69) is 22.5 Å². The van der Waals surface area contributed by atoms with Crippen molar-refractivity contribution in [1.82, 2.24) is 10.6 Å². The maximum absolute atomic E-state index is 13.0. The molecule has 2 N–H and O–H groups in total. The molecule has 4 nitrogen and oxygen atoms in total. The molecule has 0 spiro atoms. The molecule has 0 aromatic heterocycles. The maximum Gasteiger partial charge on any atom is 0.252 e. The number of carbonyl (C=O) groups excluding carboxylic acids is 2. The Morgan fingerprint density at radius 1 is 1.09 bits per heavy atom. The number of halogens is 1. The predicted octanol–water partition coefficient (Wildman–Crippen LogP) is 1.97. The first-order valence-corrected chi connectivity index (χ1v) is 6.95. The molecular formula is C18H15FN2O2. The molecule has 2 rings (SSSR count). The van der Waals surface area contributed by atoms with Crippen molar-refractivity contribution in [3.63, 3.8) is 0 Å². The van der Waals surface area contributed by atoms with Gasteiger partial charge in [-0.2, -0.15) is 0 Å². The summed E-state index contributed by atoms with van der Waals surface area (Å²) < 4.78 is 13.0. The van der Waals surface area contributed by atoms with Gasteiger partial charge in [-0.1, -0.05) is 30.0 Å². The van der Waals surface area contributed by atoms with Gasteiger partial charge in [0.25, 0.3) is 11.8 Å². The Kier molecular flexibility index (Phi) is 5.48. The summed E-state index contributed by atoms with van der Waals surface area (Å²) in [5.41, 5.74) is 1.28. The van der Waals surface area contributed by atoms with E-state index in [0.29, 0.717) is 11.1 Å². The molecule has 0 aliphatic rings. The van der Waals surface area contributed by atoms with E-state index in [-0.39, 0.29) is 18.0 Å². The van der Waals surface area contributed by atoms with Crippen molar-refractivity contribution in [3.05, 3.63) is 71.0 Å². The number of rotatable bonds is 3. The molecule has 2 aromatic rings. The largest absolute Gasteiger partial charge is 0.355 e. The Hall–Kier alpha value is -3.13. The number of nitrogens with one attached hydrogen (secondary N) is 2. The monoisotopic (exact) mass is 310 g/mol. The van der Waals surface area contributed by atoms with Crippen molar-refractivity contribution in [3.8, 4) is 11.8 Å². The third-order valence-electron chi connectivity index (χ3n) is 3.05. The summed E-state index contributed by atoms with van der Waals surface area (Å²) in [5.74, 6) is 4.53. The highest BCUT2D eigenvalue weighted by molar-refractivity contribution is 5.96. The van der Waals surface area contributed by atoms with Gasteiger partial charge in [-0.05, 0) is 30.3 Å². The number of benzene rings is 2. The Bertz CT molecular complexity index is 791. The van der Waals surface area contributed by atoms with Crippen LogP contribution in [0.2, 0.25) is 0 Å². The molecule has 116 valence electrons. The number of amides is 2. The Balaban J connectivity index is 2.02. The lowest BCUT2D eigenvalue weighted by Gasteiger charge is -2.02. The van der Waals surface area contributed by atoms with E-state index < -0.39 is 11.7 Å². The van der Waals surface area contributed by atoms with E-state index in [1.807, 2.05) is 0 Å². The number of hydrogen-bond acceptors (Lipinski definition) is 2. The highest BCUT2D eigenvalue weighted by atomic mass is 19.1. The molecule has 0 unspecified atom stereocenters. The summed E-state index contributed by atoms with van der Waals surface area (Å²) in [6.07, 6.45) is 0. The first kappa shape index (κ1) is 16.2. The van der Waals surface area contributed by atoms with Crippen molar-refractivity contribution in [2.45, 2.75) is 0 Å². The van der Waals surface area contributed by atoms with Crippen LogP contribution in [0.3, 0.4) is 0 Å². The maximum atomic E-state index is 13.0. The summed E-state index contributed by atoms with van der Waals surface area (Å²) in [4.78, 5) is 23.5. The zero-order valence-electron chi connectivity index (χ0n) is 12.5. The van der Waals surface area contributed by atoms with Gasteiger partial charge in [-0.25, -0.2) is 4.39 Å². The van der Waals surface area contributed by atoms with E-state index >= 15 is 0 Å². The second-order valence-electron chi connectivity index (χ2n) is 4.62. The van der Waals surface area contributed by atoms with Gasteiger partial charge in [0.05, 0.1) is 12.1 Å². The highest BCUT2D eigenvalue weighted by Gasteiger charge is 2.07. The SMILES string of the molecule is CNC(=O)c1ccccc1C#CCNC(=O)c1cccc(F)c1. The fourth-order valence-electron chi connectivity index (χ4n) is 1.92. The van der Waals surface area contributed by atoms with Crippen LogP contribution in [-0.4, -0.2) is 25.4 Å². The number of hydrogen-bond donors (Lipinski definition) is 2. The van der Waals surface area contributed by atoms with Crippen molar-refractivity contribution < 1.29 is 14.0 Å². The Labute approximate surface area is 133 Å². The third-order valence-corrected chi connectivity index (χ3v) is 3.05. The highest BCUT2D eigenvalue weighted by Crippen LogP contribution is 2.06.